The number of fused-ring (bicyclic) bond motifs is 2. The van der Waals surface area contributed by atoms with Crippen molar-refractivity contribution in [3.05, 3.63) is 12.2 Å². The molecule has 0 aromatic heterocycles. The smallest absolute Gasteiger partial charge is 0.414 e. The molecular formula is C17H25NO5. The third-order valence-corrected chi connectivity index (χ3v) is 5.00. The summed E-state index contributed by atoms with van der Waals surface area (Å²) in [5, 5.41) is 14.8. The molecule has 2 N–H and O–H groups in total. The molecule has 1 saturated heterocycles. The van der Waals surface area contributed by atoms with Crippen molar-refractivity contribution in [1.29, 1.82) is 0 Å². The van der Waals surface area contributed by atoms with Crippen LogP contribution >= 0.6 is 0 Å². The number of Topliss-reactive ketones (excluding diaryl/α,β-unsaturated/α-hetero) is 1. The summed E-state index contributed by atoms with van der Waals surface area (Å²) in [6.45, 7) is 3.43. The van der Waals surface area contributed by atoms with E-state index in [1.54, 1.807) is 0 Å². The van der Waals surface area contributed by atoms with Crippen LogP contribution < -0.4 is 0 Å². The quantitative estimate of drug-likeness (QED) is 0.605. The van der Waals surface area contributed by atoms with E-state index in [1.807, 2.05) is 0 Å². The van der Waals surface area contributed by atoms with Crippen LogP contribution in [0.25, 0.3) is 0 Å². The van der Waals surface area contributed by atoms with Crippen molar-refractivity contribution in [2.75, 3.05) is 19.6 Å². The summed E-state index contributed by atoms with van der Waals surface area (Å²) in [4.78, 5) is 32.9. The van der Waals surface area contributed by atoms with E-state index in [-0.39, 0.29) is 0 Å². The summed E-state index contributed by atoms with van der Waals surface area (Å²) in [5.41, 5.74) is 0. The largest absolute Gasteiger partial charge is 0.473 e. The van der Waals surface area contributed by atoms with Gasteiger partial charge >= 0.3 is 11.9 Å². The molecule has 0 aromatic carbocycles. The van der Waals surface area contributed by atoms with Gasteiger partial charge in [-0.1, -0.05) is 18.6 Å². The SMILES string of the molecule is O=C(CCN1CCCCC1)C1CC2C=CC1C2.O=C(O)C(=O)O. The Morgan fingerprint density at radius 2 is 1.61 bits per heavy atom. The first-order chi connectivity index (χ1) is 11.0. The van der Waals surface area contributed by atoms with Gasteiger partial charge in [-0.15, -0.1) is 0 Å². The van der Waals surface area contributed by atoms with E-state index in [1.165, 1.54) is 38.8 Å². The van der Waals surface area contributed by atoms with E-state index in [0.717, 1.165) is 25.3 Å². The molecule has 2 bridgehead atoms. The Labute approximate surface area is 136 Å². The molecule has 6 nitrogen and oxygen atoms in total. The molecule has 2 fully saturated rings. The molecule has 3 rings (SSSR count). The molecule has 3 unspecified atom stereocenters. The zero-order valence-electron chi connectivity index (χ0n) is 13.3. The first-order valence-corrected chi connectivity index (χ1v) is 8.37. The fraction of sp³-hybridized carbons (Fsp3) is 0.706. The Kier molecular flexibility index (Phi) is 6.33. The number of allylic oxidation sites excluding steroid dienone is 2. The first-order valence-electron chi connectivity index (χ1n) is 8.37. The average molecular weight is 323 g/mol. The van der Waals surface area contributed by atoms with Crippen LogP contribution in [0.3, 0.4) is 0 Å². The highest BCUT2D eigenvalue weighted by atomic mass is 16.4. The van der Waals surface area contributed by atoms with E-state index < -0.39 is 11.9 Å². The third-order valence-electron chi connectivity index (χ3n) is 5.00. The lowest BCUT2D eigenvalue weighted by atomic mass is 9.88. The molecule has 23 heavy (non-hydrogen) atoms. The maximum absolute atomic E-state index is 12.2. The second-order valence-electron chi connectivity index (χ2n) is 6.62. The number of ketones is 1. The van der Waals surface area contributed by atoms with E-state index in [0.29, 0.717) is 17.6 Å². The number of carbonyl (C=O) groups is 3. The number of carboxylic acids is 2. The number of rotatable bonds is 4. The van der Waals surface area contributed by atoms with Crippen molar-refractivity contribution in [2.24, 2.45) is 17.8 Å². The van der Waals surface area contributed by atoms with Crippen LogP contribution in [-0.2, 0) is 14.4 Å². The summed E-state index contributed by atoms with van der Waals surface area (Å²) >= 11 is 0. The number of aliphatic carboxylic acids is 2. The number of carboxylic acid groups (broad SMARTS) is 2. The van der Waals surface area contributed by atoms with E-state index in [9.17, 15) is 4.79 Å². The molecule has 0 amide bonds. The number of piperidine rings is 1. The van der Waals surface area contributed by atoms with Gasteiger partial charge in [-0.3, -0.25) is 4.79 Å². The van der Waals surface area contributed by atoms with Crippen molar-refractivity contribution < 1.29 is 24.6 Å². The normalized spacial score (nSPS) is 29.0. The fourth-order valence-corrected chi connectivity index (χ4v) is 3.79. The monoisotopic (exact) mass is 323 g/mol. The van der Waals surface area contributed by atoms with Crippen molar-refractivity contribution in [2.45, 2.75) is 38.5 Å². The predicted octanol–water partition coefficient (Wildman–Crippen LogP) is 1.80. The number of nitrogens with zero attached hydrogens (tertiary/aromatic N) is 1. The average Bonchev–Trinajstić information content (AvgIpc) is 3.17. The molecule has 128 valence electrons. The van der Waals surface area contributed by atoms with E-state index in [4.69, 9.17) is 19.8 Å². The van der Waals surface area contributed by atoms with Crippen molar-refractivity contribution in [3.8, 4) is 0 Å². The summed E-state index contributed by atoms with van der Waals surface area (Å²) in [5.74, 6) is -1.43. The highest BCUT2D eigenvalue weighted by Crippen LogP contribution is 2.44. The highest BCUT2D eigenvalue weighted by molar-refractivity contribution is 6.27. The predicted molar refractivity (Wildman–Crippen MR) is 84.0 cm³/mol. The third kappa shape index (κ3) is 5.16. The van der Waals surface area contributed by atoms with Crippen LogP contribution in [-0.4, -0.2) is 52.5 Å². The van der Waals surface area contributed by atoms with Crippen LogP contribution in [0, 0.1) is 17.8 Å². The van der Waals surface area contributed by atoms with Gasteiger partial charge in [-0.05, 0) is 50.6 Å². The second-order valence-corrected chi connectivity index (χ2v) is 6.62. The molecule has 6 heteroatoms. The summed E-state index contributed by atoms with van der Waals surface area (Å²) < 4.78 is 0. The minimum atomic E-state index is -1.82. The summed E-state index contributed by atoms with van der Waals surface area (Å²) in [6.07, 6.45) is 11.8. The maximum atomic E-state index is 12.2. The van der Waals surface area contributed by atoms with Crippen LogP contribution in [0.15, 0.2) is 12.2 Å². The minimum Gasteiger partial charge on any atom is -0.473 e. The Bertz CT molecular complexity index is 469. The van der Waals surface area contributed by atoms with Gasteiger partial charge in [-0.25, -0.2) is 9.59 Å². The van der Waals surface area contributed by atoms with Crippen molar-refractivity contribution in [1.82, 2.24) is 4.90 Å². The Morgan fingerprint density at radius 1 is 0.957 bits per heavy atom. The molecule has 3 atom stereocenters. The molecule has 2 aliphatic carbocycles. The molecule has 1 heterocycles. The van der Waals surface area contributed by atoms with E-state index >= 15 is 0 Å². The molecule has 3 aliphatic rings. The van der Waals surface area contributed by atoms with Crippen molar-refractivity contribution >= 4 is 17.7 Å². The summed E-state index contributed by atoms with van der Waals surface area (Å²) in [7, 11) is 0. The number of hydrogen-bond acceptors (Lipinski definition) is 4. The van der Waals surface area contributed by atoms with Crippen LogP contribution in [0.1, 0.15) is 38.5 Å². The van der Waals surface area contributed by atoms with Crippen LogP contribution in [0.2, 0.25) is 0 Å². The zero-order chi connectivity index (χ0) is 16.8. The van der Waals surface area contributed by atoms with Gasteiger partial charge in [-0.2, -0.15) is 0 Å². The van der Waals surface area contributed by atoms with E-state index in [2.05, 4.69) is 17.1 Å². The molecule has 1 aliphatic heterocycles. The maximum Gasteiger partial charge on any atom is 0.414 e. The lowest BCUT2D eigenvalue weighted by Gasteiger charge is -2.27. The Balaban J connectivity index is 0.000000277. The van der Waals surface area contributed by atoms with Crippen LogP contribution in [0.4, 0.5) is 0 Å². The van der Waals surface area contributed by atoms with Gasteiger partial charge in [0.1, 0.15) is 5.78 Å². The Morgan fingerprint density at radius 3 is 2.09 bits per heavy atom. The zero-order valence-corrected chi connectivity index (χ0v) is 13.3. The van der Waals surface area contributed by atoms with Crippen molar-refractivity contribution in [3.63, 3.8) is 0 Å². The van der Waals surface area contributed by atoms with Gasteiger partial charge in [0.15, 0.2) is 0 Å². The topological polar surface area (TPSA) is 94.9 Å². The van der Waals surface area contributed by atoms with Gasteiger partial charge in [0.05, 0.1) is 0 Å². The molecule has 0 aromatic rings. The lowest BCUT2D eigenvalue weighted by Crippen LogP contribution is -2.33. The fourth-order valence-electron chi connectivity index (χ4n) is 3.79. The van der Waals surface area contributed by atoms with Gasteiger partial charge in [0.25, 0.3) is 0 Å². The molecule has 0 radical (unpaired) electrons. The number of hydrogen-bond donors (Lipinski definition) is 2. The Hall–Kier alpha value is -1.69. The second kappa shape index (κ2) is 8.24. The van der Waals surface area contributed by atoms with Gasteiger partial charge in [0.2, 0.25) is 0 Å². The molecule has 0 spiro atoms. The van der Waals surface area contributed by atoms with Gasteiger partial charge < -0.3 is 15.1 Å². The molecule has 1 saturated carbocycles. The number of carbonyl (C=O) groups excluding carboxylic acids is 1. The first kappa shape index (κ1) is 17.7. The molecular weight excluding hydrogens is 298 g/mol. The van der Waals surface area contributed by atoms with Gasteiger partial charge in [0, 0.05) is 18.9 Å². The standard InChI is InChI=1S/C15H23NO.C2H2O4/c17-15(6-9-16-7-2-1-3-8-16)14-11-12-4-5-13(14)10-12;3-1(4)2(5)6/h4-5,12-14H,1-3,6-11H2;(H,3,4)(H,5,6). The summed E-state index contributed by atoms with van der Waals surface area (Å²) in [6, 6.07) is 0. The number of likely N-dealkylation sites (tertiary alicyclic amines) is 1. The minimum absolute atomic E-state index is 0.370. The van der Waals surface area contributed by atoms with Crippen LogP contribution in [0.5, 0.6) is 0 Å². The highest BCUT2D eigenvalue weighted by Gasteiger charge is 2.39. The lowest BCUT2D eigenvalue weighted by molar-refractivity contribution is -0.159.